The maximum absolute atomic E-state index is 15.1. The number of aliphatic hydroxyl groups is 1. The van der Waals surface area contributed by atoms with Crippen LogP contribution in [-0.2, 0) is 4.74 Å². The summed E-state index contributed by atoms with van der Waals surface area (Å²) in [4.78, 5) is 13.4. The minimum absolute atomic E-state index is 0.0295. The van der Waals surface area contributed by atoms with Gasteiger partial charge in [-0.1, -0.05) is 6.58 Å². The van der Waals surface area contributed by atoms with Crippen molar-refractivity contribution in [3.63, 3.8) is 0 Å². The molecule has 0 radical (unpaired) electrons. The minimum Gasteiger partial charge on any atom is -0.494 e. The van der Waals surface area contributed by atoms with Crippen LogP contribution < -0.4 is 25.4 Å². The van der Waals surface area contributed by atoms with Crippen molar-refractivity contribution in [1.82, 2.24) is 20.3 Å². The van der Waals surface area contributed by atoms with Crippen molar-refractivity contribution < 1.29 is 28.1 Å². The van der Waals surface area contributed by atoms with E-state index < -0.39 is 17.9 Å². The van der Waals surface area contributed by atoms with Gasteiger partial charge in [0.1, 0.15) is 11.7 Å². The molecule has 0 saturated carbocycles. The molecule has 10 nitrogen and oxygen atoms in total. The van der Waals surface area contributed by atoms with E-state index in [9.17, 15) is 5.11 Å². The predicted octanol–water partition coefficient (Wildman–Crippen LogP) is 2.69. The Kier molecular flexibility index (Phi) is 7.77. The molecule has 1 aromatic carbocycles. The maximum Gasteiger partial charge on any atom is 0.223 e. The Morgan fingerprint density at radius 2 is 1.86 bits per heavy atom. The highest BCUT2D eigenvalue weighted by molar-refractivity contribution is 5.92. The second-order valence-corrected chi connectivity index (χ2v) is 8.04. The number of methoxy groups -OCH3 is 2. The van der Waals surface area contributed by atoms with Gasteiger partial charge in [-0.15, -0.1) is 0 Å². The van der Waals surface area contributed by atoms with Crippen molar-refractivity contribution >= 4 is 22.7 Å². The van der Waals surface area contributed by atoms with Gasteiger partial charge in [-0.2, -0.15) is 0 Å². The summed E-state index contributed by atoms with van der Waals surface area (Å²) in [7, 11) is 2.57. The Morgan fingerprint density at radius 1 is 1.17 bits per heavy atom. The van der Waals surface area contributed by atoms with Crippen LogP contribution in [0.2, 0.25) is 0 Å². The number of rotatable bonds is 10. The fraction of sp³-hybridized carbons (Fsp3) is 0.375. The number of aromatic nitrogens is 3. The van der Waals surface area contributed by atoms with E-state index in [-0.39, 0.29) is 34.8 Å². The minimum atomic E-state index is -0.897. The van der Waals surface area contributed by atoms with Crippen LogP contribution in [0.1, 0.15) is 6.92 Å². The first kappa shape index (κ1) is 25.5. The molecule has 2 aromatic heterocycles. The summed E-state index contributed by atoms with van der Waals surface area (Å²) >= 11 is 0. The van der Waals surface area contributed by atoms with E-state index in [1.807, 2.05) is 6.92 Å². The summed E-state index contributed by atoms with van der Waals surface area (Å²) in [5.74, 6) is -1.50. The third kappa shape index (κ3) is 5.01. The van der Waals surface area contributed by atoms with E-state index in [1.165, 1.54) is 26.4 Å². The van der Waals surface area contributed by atoms with E-state index in [0.717, 1.165) is 6.07 Å². The molecular weight excluding hydrogens is 474 g/mol. The molecule has 1 aliphatic heterocycles. The molecule has 1 fully saturated rings. The number of nitrogens with one attached hydrogen (secondary N) is 3. The van der Waals surface area contributed by atoms with Crippen molar-refractivity contribution in [1.29, 1.82) is 0 Å². The van der Waals surface area contributed by atoms with Gasteiger partial charge >= 0.3 is 0 Å². The molecule has 1 unspecified atom stereocenters. The van der Waals surface area contributed by atoms with Crippen LogP contribution in [0.25, 0.3) is 22.2 Å². The molecule has 1 aliphatic rings. The van der Waals surface area contributed by atoms with Gasteiger partial charge in [-0.3, -0.25) is 5.32 Å². The van der Waals surface area contributed by atoms with Crippen LogP contribution in [0, 0.1) is 11.6 Å². The van der Waals surface area contributed by atoms with Crippen LogP contribution in [0.15, 0.2) is 31.0 Å². The van der Waals surface area contributed by atoms with Crippen LogP contribution >= 0.6 is 0 Å². The van der Waals surface area contributed by atoms with E-state index >= 15 is 8.78 Å². The largest absolute Gasteiger partial charge is 0.494 e. The second kappa shape index (κ2) is 11.0. The van der Waals surface area contributed by atoms with Gasteiger partial charge in [0, 0.05) is 24.2 Å². The number of hydrogen-bond donors (Lipinski definition) is 4. The SMILES string of the molecule is C=CC(O)N[C@H]1COC[C@H]1Nc1ncc2cc(-c3c(F)c(OC)cc(OC)c3F)nc(NCC)c2n1. The highest BCUT2D eigenvalue weighted by Crippen LogP contribution is 2.38. The first-order valence-corrected chi connectivity index (χ1v) is 11.3. The fourth-order valence-electron chi connectivity index (χ4n) is 3.95. The number of benzene rings is 1. The zero-order valence-electron chi connectivity index (χ0n) is 20.1. The Hall–Kier alpha value is -3.61. The highest BCUT2D eigenvalue weighted by Gasteiger charge is 2.30. The molecular formula is C24H28F2N6O4. The Balaban J connectivity index is 1.74. The lowest BCUT2D eigenvalue weighted by atomic mass is 10.1. The molecule has 0 aliphatic carbocycles. The first-order valence-electron chi connectivity index (χ1n) is 11.3. The molecule has 4 rings (SSSR count). The molecule has 0 amide bonds. The Bertz CT molecular complexity index is 1230. The topological polar surface area (TPSA) is 123 Å². The van der Waals surface area contributed by atoms with Crippen molar-refractivity contribution in [3.05, 3.63) is 42.6 Å². The van der Waals surface area contributed by atoms with Gasteiger partial charge in [0.05, 0.1) is 50.8 Å². The summed E-state index contributed by atoms with van der Waals surface area (Å²) in [6, 6.07) is 2.24. The smallest absolute Gasteiger partial charge is 0.223 e. The molecule has 192 valence electrons. The molecule has 12 heteroatoms. The van der Waals surface area contributed by atoms with Crippen molar-refractivity contribution in [2.24, 2.45) is 0 Å². The number of fused-ring (bicyclic) bond motifs is 1. The zero-order chi connectivity index (χ0) is 25.8. The first-order chi connectivity index (χ1) is 17.4. The van der Waals surface area contributed by atoms with Crippen molar-refractivity contribution in [2.45, 2.75) is 25.2 Å². The molecule has 0 bridgehead atoms. The van der Waals surface area contributed by atoms with E-state index in [1.54, 1.807) is 6.20 Å². The molecule has 3 aromatic rings. The van der Waals surface area contributed by atoms with Crippen LogP contribution in [0.4, 0.5) is 20.5 Å². The lowest BCUT2D eigenvalue weighted by molar-refractivity contribution is 0.149. The van der Waals surface area contributed by atoms with Gasteiger partial charge in [0.15, 0.2) is 29.0 Å². The Labute approximate surface area is 206 Å². The predicted molar refractivity (Wildman–Crippen MR) is 131 cm³/mol. The van der Waals surface area contributed by atoms with Crippen LogP contribution in [0.5, 0.6) is 11.5 Å². The normalized spacial score (nSPS) is 18.2. The van der Waals surface area contributed by atoms with E-state index in [0.29, 0.717) is 42.4 Å². The summed E-state index contributed by atoms with van der Waals surface area (Å²) < 4.78 is 45.9. The highest BCUT2D eigenvalue weighted by atomic mass is 19.1. The number of anilines is 2. The summed E-state index contributed by atoms with van der Waals surface area (Å²) in [5.41, 5.74) is 0.109. The summed E-state index contributed by atoms with van der Waals surface area (Å²) in [6.07, 6.45) is 2.05. The van der Waals surface area contributed by atoms with Gasteiger partial charge in [0.2, 0.25) is 5.95 Å². The average Bonchev–Trinajstić information content (AvgIpc) is 3.30. The molecule has 0 spiro atoms. The van der Waals surface area contributed by atoms with Gasteiger partial charge in [-0.25, -0.2) is 23.7 Å². The third-order valence-electron chi connectivity index (χ3n) is 5.74. The number of nitrogens with zero attached hydrogens (tertiary/aromatic N) is 3. The van der Waals surface area contributed by atoms with Crippen LogP contribution in [-0.4, -0.2) is 72.3 Å². The molecule has 4 N–H and O–H groups in total. The molecule has 1 saturated heterocycles. The monoisotopic (exact) mass is 502 g/mol. The van der Waals surface area contributed by atoms with E-state index in [4.69, 9.17) is 14.2 Å². The van der Waals surface area contributed by atoms with E-state index in [2.05, 4.69) is 37.5 Å². The fourth-order valence-corrected chi connectivity index (χ4v) is 3.95. The summed E-state index contributed by atoms with van der Waals surface area (Å²) in [5, 5.41) is 19.7. The summed E-state index contributed by atoms with van der Waals surface area (Å²) in [6.45, 7) is 6.70. The zero-order valence-corrected chi connectivity index (χ0v) is 20.1. The molecule has 36 heavy (non-hydrogen) atoms. The number of ether oxygens (including phenoxy) is 3. The number of hydrogen-bond acceptors (Lipinski definition) is 10. The van der Waals surface area contributed by atoms with Gasteiger partial charge in [0.25, 0.3) is 0 Å². The van der Waals surface area contributed by atoms with Crippen LogP contribution in [0.3, 0.4) is 0 Å². The maximum atomic E-state index is 15.1. The van der Waals surface area contributed by atoms with Gasteiger partial charge < -0.3 is 30.0 Å². The third-order valence-corrected chi connectivity index (χ3v) is 5.74. The number of pyridine rings is 1. The number of aliphatic hydroxyl groups excluding tert-OH is 1. The van der Waals surface area contributed by atoms with Gasteiger partial charge in [-0.05, 0) is 19.1 Å². The lowest BCUT2D eigenvalue weighted by Gasteiger charge is -2.22. The average molecular weight is 503 g/mol. The standard InChI is InChI=1S/C24H28F2N6O4/c1-5-18(33)29-14-10-36-11-15(14)31-24-28-9-12-7-13(30-23(27-6-2)22(12)32-24)19-20(25)16(34-3)8-17(35-4)21(19)26/h5,7-9,14-15,18,29,33H,1,6,10-11H2,2-4H3,(H,27,30)(H,28,31,32)/t14-,15+,18?/m0/s1. The lowest BCUT2D eigenvalue weighted by Crippen LogP contribution is -2.47. The van der Waals surface area contributed by atoms with Crippen molar-refractivity contribution in [3.8, 4) is 22.8 Å². The number of halogens is 2. The molecule has 3 atom stereocenters. The van der Waals surface area contributed by atoms with Crippen molar-refractivity contribution in [2.75, 3.05) is 44.6 Å². The molecule has 3 heterocycles. The second-order valence-electron chi connectivity index (χ2n) is 8.04. The quantitative estimate of drug-likeness (QED) is 0.243. The Morgan fingerprint density at radius 3 is 2.50 bits per heavy atom.